The lowest BCUT2D eigenvalue weighted by atomic mass is 10.2. The molecule has 0 saturated carbocycles. The third kappa shape index (κ3) is 2.56. The van der Waals surface area contributed by atoms with Gasteiger partial charge in [0.05, 0.1) is 20.8 Å². The third-order valence-electron chi connectivity index (χ3n) is 2.42. The van der Waals surface area contributed by atoms with E-state index in [4.69, 9.17) is 15.2 Å². The SMILES string of the molecule is COc1ccc(Cn2nc(N)nc2Br)cc1OC. The van der Waals surface area contributed by atoms with E-state index in [0.29, 0.717) is 22.8 Å². The number of nitrogens with zero attached hydrogens (tertiary/aromatic N) is 3. The first-order valence-corrected chi connectivity index (χ1v) is 6.00. The van der Waals surface area contributed by atoms with Crippen LogP contribution in [0.5, 0.6) is 11.5 Å². The standard InChI is InChI=1S/C11H13BrN4O2/c1-17-8-4-3-7(5-9(8)18-2)6-16-10(12)14-11(13)15-16/h3-5H,6H2,1-2H3,(H2,13,15). The zero-order valence-electron chi connectivity index (χ0n) is 10.1. The largest absolute Gasteiger partial charge is 0.493 e. The third-order valence-corrected chi connectivity index (χ3v) is 3.01. The molecule has 0 amide bonds. The van der Waals surface area contributed by atoms with Crippen LogP contribution in [0, 0.1) is 0 Å². The maximum atomic E-state index is 5.52. The summed E-state index contributed by atoms with van der Waals surface area (Å²) >= 11 is 3.29. The van der Waals surface area contributed by atoms with Crippen LogP contribution in [0.3, 0.4) is 0 Å². The van der Waals surface area contributed by atoms with Gasteiger partial charge in [-0.3, -0.25) is 0 Å². The molecule has 96 valence electrons. The van der Waals surface area contributed by atoms with Crippen LogP contribution < -0.4 is 15.2 Å². The van der Waals surface area contributed by atoms with Gasteiger partial charge in [-0.15, -0.1) is 5.10 Å². The predicted octanol–water partition coefficient (Wildman–Crippen LogP) is 1.69. The zero-order chi connectivity index (χ0) is 13.1. The Morgan fingerprint density at radius 2 is 2.00 bits per heavy atom. The van der Waals surface area contributed by atoms with E-state index in [9.17, 15) is 0 Å². The molecular weight excluding hydrogens is 300 g/mol. The number of anilines is 1. The van der Waals surface area contributed by atoms with Gasteiger partial charge in [0, 0.05) is 0 Å². The van der Waals surface area contributed by atoms with Crippen LogP contribution in [0.25, 0.3) is 0 Å². The van der Waals surface area contributed by atoms with E-state index in [1.54, 1.807) is 18.9 Å². The van der Waals surface area contributed by atoms with E-state index in [-0.39, 0.29) is 5.95 Å². The van der Waals surface area contributed by atoms with Crippen molar-refractivity contribution >= 4 is 21.9 Å². The number of aromatic nitrogens is 3. The van der Waals surface area contributed by atoms with Crippen molar-refractivity contribution in [1.82, 2.24) is 14.8 Å². The molecule has 0 aliphatic rings. The summed E-state index contributed by atoms with van der Waals surface area (Å²) < 4.78 is 12.7. The summed E-state index contributed by atoms with van der Waals surface area (Å²) in [5, 5.41) is 4.07. The molecule has 2 N–H and O–H groups in total. The Hall–Kier alpha value is -1.76. The Bertz CT molecular complexity index is 556. The van der Waals surface area contributed by atoms with Crippen LogP contribution in [0.2, 0.25) is 0 Å². The van der Waals surface area contributed by atoms with Crippen molar-refractivity contribution in [1.29, 1.82) is 0 Å². The summed E-state index contributed by atoms with van der Waals surface area (Å²) in [7, 11) is 3.21. The lowest BCUT2D eigenvalue weighted by Gasteiger charge is -2.09. The first-order chi connectivity index (χ1) is 8.63. The van der Waals surface area contributed by atoms with Gasteiger partial charge in [-0.05, 0) is 33.6 Å². The molecule has 0 atom stereocenters. The van der Waals surface area contributed by atoms with Gasteiger partial charge in [0.2, 0.25) is 5.95 Å². The van der Waals surface area contributed by atoms with Gasteiger partial charge in [0.15, 0.2) is 16.2 Å². The number of benzene rings is 1. The minimum Gasteiger partial charge on any atom is -0.493 e. The molecule has 2 rings (SSSR count). The van der Waals surface area contributed by atoms with E-state index in [0.717, 1.165) is 5.56 Å². The smallest absolute Gasteiger partial charge is 0.240 e. The summed E-state index contributed by atoms with van der Waals surface area (Å²) in [6.45, 7) is 0.547. The van der Waals surface area contributed by atoms with Gasteiger partial charge in [-0.25, -0.2) is 4.68 Å². The first-order valence-electron chi connectivity index (χ1n) is 5.20. The normalized spacial score (nSPS) is 10.4. The van der Waals surface area contributed by atoms with Crippen molar-refractivity contribution in [2.24, 2.45) is 0 Å². The predicted molar refractivity (Wildman–Crippen MR) is 70.8 cm³/mol. The van der Waals surface area contributed by atoms with Crippen LogP contribution >= 0.6 is 15.9 Å². The van der Waals surface area contributed by atoms with E-state index < -0.39 is 0 Å². The molecule has 0 unspecified atom stereocenters. The number of halogens is 1. The minimum atomic E-state index is 0.238. The van der Waals surface area contributed by atoms with Gasteiger partial charge in [-0.2, -0.15) is 4.98 Å². The Kier molecular flexibility index (Phi) is 3.71. The van der Waals surface area contributed by atoms with Crippen molar-refractivity contribution in [2.45, 2.75) is 6.54 Å². The summed E-state index contributed by atoms with van der Waals surface area (Å²) in [6.07, 6.45) is 0. The Morgan fingerprint density at radius 3 is 2.56 bits per heavy atom. The topological polar surface area (TPSA) is 75.2 Å². The van der Waals surface area contributed by atoms with Crippen LogP contribution in [0.4, 0.5) is 5.95 Å². The maximum absolute atomic E-state index is 5.52. The summed E-state index contributed by atoms with van der Waals surface area (Å²) in [5.74, 6) is 1.61. The number of rotatable bonds is 4. The number of nitrogens with two attached hydrogens (primary N) is 1. The molecule has 2 aromatic rings. The van der Waals surface area contributed by atoms with Crippen LogP contribution in [-0.4, -0.2) is 29.0 Å². The number of hydrogen-bond donors (Lipinski definition) is 1. The Morgan fingerprint density at radius 1 is 1.28 bits per heavy atom. The molecule has 1 aromatic carbocycles. The van der Waals surface area contributed by atoms with Gasteiger partial charge in [0.25, 0.3) is 0 Å². The minimum absolute atomic E-state index is 0.238. The first kappa shape index (κ1) is 12.7. The molecule has 18 heavy (non-hydrogen) atoms. The molecule has 0 spiro atoms. The maximum Gasteiger partial charge on any atom is 0.240 e. The summed E-state index contributed by atoms with van der Waals surface area (Å²) in [6, 6.07) is 5.68. The average molecular weight is 313 g/mol. The highest BCUT2D eigenvalue weighted by atomic mass is 79.9. The molecule has 1 aromatic heterocycles. The molecule has 0 saturated heterocycles. The van der Waals surface area contributed by atoms with Crippen LogP contribution in [0.15, 0.2) is 22.9 Å². The summed E-state index contributed by atoms with van der Waals surface area (Å²) in [5.41, 5.74) is 6.53. The monoisotopic (exact) mass is 312 g/mol. The molecule has 1 heterocycles. The van der Waals surface area contributed by atoms with E-state index >= 15 is 0 Å². The second-order valence-corrected chi connectivity index (χ2v) is 4.30. The number of nitrogen functional groups attached to an aromatic ring is 1. The highest BCUT2D eigenvalue weighted by molar-refractivity contribution is 9.10. The molecular formula is C11H13BrN4O2. The van der Waals surface area contributed by atoms with Gasteiger partial charge < -0.3 is 15.2 Å². The molecule has 6 nitrogen and oxygen atoms in total. The highest BCUT2D eigenvalue weighted by Crippen LogP contribution is 2.28. The average Bonchev–Trinajstić information content (AvgIpc) is 2.67. The van der Waals surface area contributed by atoms with Gasteiger partial charge in [0.1, 0.15) is 0 Å². The Labute approximate surface area is 113 Å². The van der Waals surface area contributed by atoms with Crippen molar-refractivity contribution in [2.75, 3.05) is 20.0 Å². The van der Waals surface area contributed by atoms with Crippen molar-refractivity contribution in [3.8, 4) is 11.5 Å². The molecule has 0 radical (unpaired) electrons. The fourth-order valence-electron chi connectivity index (χ4n) is 1.59. The molecule has 0 bridgehead atoms. The van der Waals surface area contributed by atoms with E-state index in [1.165, 1.54) is 0 Å². The second kappa shape index (κ2) is 5.26. The van der Waals surface area contributed by atoms with E-state index in [1.807, 2.05) is 18.2 Å². The zero-order valence-corrected chi connectivity index (χ0v) is 11.6. The van der Waals surface area contributed by atoms with Crippen molar-refractivity contribution in [3.05, 3.63) is 28.5 Å². The number of methoxy groups -OCH3 is 2. The van der Waals surface area contributed by atoms with Gasteiger partial charge in [-0.1, -0.05) is 6.07 Å². The quantitative estimate of drug-likeness (QED) is 0.929. The molecule has 7 heteroatoms. The highest BCUT2D eigenvalue weighted by Gasteiger charge is 2.08. The summed E-state index contributed by atoms with van der Waals surface area (Å²) in [4.78, 5) is 3.97. The Balaban J connectivity index is 2.27. The van der Waals surface area contributed by atoms with Crippen molar-refractivity contribution in [3.63, 3.8) is 0 Å². The fourth-order valence-corrected chi connectivity index (χ4v) is 1.98. The fraction of sp³-hybridized carbons (Fsp3) is 0.273. The van der Waals surface area contributed by atoms with Crippen LogP contribution in [0.1, 0.15) is 5.56 Å². The van der Waals surface area contributed by atoms with E-state index in [2.05, 4.69) is 26.0 Å². The number of hydrogen-bond acceptors (Lipinski definition) is 5. The number of ether oxygens (including phenoxy) is 2. The molecule has 0 aliphatic carbocycles. The lowest BCUT2D eigenvalue weighted by Crippen LogP contribution is -2.03. The van der Waals surface area contributed by atoms with Crippen molar-refractivity contribution < 1.29 is 9.47 Å². The molecule has 0 fully saturated rings. The van der Waals surface area contributed by atoms with Crippen LogP contribution in [-0.2, 0) is 6.54 Å². The second-order valence-electron chi connectivity index (χ2n) is 3.59. The molecule has 0 aliphatic heterocycles. The lowest BCUT2D eigenvalue weighted by molar-refractivity contribution is 0.354. The van der Waals surface area contributed by atoms with Gasteiger partial charge >= 0.3 is 0 Å².